The largest absolute Gasteiger partial charge is 0.478 e. The summed E-state index contributed by atoms with van der Waals surface area (Å²) in [5, 5.41) is 8.95. The predicted molar refractivity (Wildman–Crippen MR) is 69.3 cm³/mol. The molecule has 19 heavy (non-hydrogen) atoms. The fraction of sp³-hybridized carbons (Fsp3) is 0.429. The minimum atomic E-state index is -1.03. The SMILES string of the molecule is C[C@H]1OCCN(C(=O)c2cccc(C(=O)O)c2)[C@H]1C. The van der Waals surface area contributed by atoms with Crippen LogP contribution in [0.25, 0.3) is 0 Å². The number of morpholine rings is 1. The normalized spacial score (nSPS) is 23.2. The van der Waals surface area contributed by atoms with Crippen molar-refractivity contribution >= 4 is 11.9 Å². The molecule has 2 rings (SSSR count). The third kappa shape index (κ3) is 2.76. The number of aromatic carboxylic acids is 1. The molecule has 2 atom stereocenters. The van der Waals surface area contributed by atoms with Gasteiger partial charge in [-0.2, -0.15) is 0 Å². The molecule has 0 aliphatic carbocycles. The molecule has 1 fully saturated rings. The zero-order chi connectivity index (χ0) is 14.0. The molecule has 0 bridgehead atoms. The lowest BCUT2D eigenvalue weighted by Gasteiger charge is -2.37. The number of ether oxygens (including phenoxy) is 1. The van der Waals surface area contributed by atoms with E-state index in [1.807, 2.05) is 13.8 Å². The first-order valence-electron chi connectivity index (χ1n) is 6.26. The molecule has 1 saturated heterocycles. The van der Waals surface area contributed by atoms with Crippen LogP contribution in [-0.4, -0.2) is 47.2 Å². The number of hydrogen-bond acceptors (Lipinski definition) is 3. The van der Waals surface area contributed by atoms with E-state index in [-0.39, 0.29) is 23.6 Å². The number of nitrogens with zero attached hydrogens (tertiary/aromatic N) is 1. The Balaban J connectivity index is 2.23. The van der Waals surface area contributed by atoms with Gasteiger partial charge in [0, 0.05) is 12.1 Å². The van der Waals surface area contributed by atoms with Crippen LogP contribution in [0.3, 0.4) is 0 Å². The van der Waals surface area contributed by atoms with Gasteiger partial charge in [0.05, 0.1) is 24.3 Å². The van der Waals surface area contributed by atoms with E-state index >= 15 is 0 Å². The van der Waals surface area contributed by atoms with E-state index in [9.17, 15) is 9.59 Å². The Morgan fingerprint density at radius 2 is 2.00 bits per heavy atom. The molecule has 5 nitrogen and oxygen atoms in total. The Labute approximate surface area is 111 Å². The summed E-state index contributed by atoms with van der Waals surface area (Å²) in [5.74, 6) is -1.18. The summed E-state index contributed by atoms with van der Waals surface area (Å²) in [5.41, 5.74) is 0.528. The Hall–Kier alpha value is -1.88. The molecule has 102 valence electrons. The van der Waals surface area contributed by atoms with Crippen molar-refractivity contribution in [3.8, 4) is 0 Å². The second kappa shape index (κ2) is 5.40. The first-order chi connectivity index (χ1) is 9.00. The van der Waals surface area contributed by atoms with Gasteiger partial charge in [-0.05, 0) is 32.0 Å². The molecule has 0 unspecified atom stereocenters. The number of amides is 1. The minimum absolute atomic E-state index is 0.0136. The van der Waals surface area contributed by atoms with Gasteiger partial charge in [0.2, 0.25) is 0 Å². The maximum atomic E-state index is 12.4. The molecule has 1 heterocycles. The van der Waals surface area contributed by atoms with Crippen molar-refractivity contribution in [2.75, 3.05) is 13.2 Å². The number of hydrogen-bond donors (Lipinski definition) is 1. The molecule has 1 N–H and O–H groups in total. The van der Waals surface area contributed by atoms with Gasteiger partial charge in [-0.15, -0.1) is 0 Å². The van der Waals surface area contributed by atoms with E-state index in [4.69, 9.17) is 9.84 Å². The van der Waals surface area contributed by atoms with E-state index < -0.39 is 5.97 Å². The van der Waals surface area contributed by atoms with Crippen LogP contribution < -0.4 is 0 Å². The van der Waals surface area contributed by atoms with E-state index in [1.165, 1.54) is 12.1 Å². The Morgan fingerprint density at radius 1 is 1.32 bits per heavy atom. The minimum Gasteiger partial charge on any atom is -0.478 e. The smallest absolute Gasteiger partial charge is 0.335 e. The quantitative estimate of drug-likeness (QED) is 0.880. The number of carboxylic acid groups (broad SMARTS) is 1. The topological polar surface area (TPSA) is 66.8 Å². The Kier molecular flexibility index (Phi) is 3.85. The van der Waals surface area contributed by atoms with Crippen LogP contribution in [0.4, 0.5) is 0 Å². The average molecular weight is 263 g/mol. The molecule has 0 aromatic heterocycles. The van der Waals surface area contributed by atoms with Crippen LogP contribution in [0.15, 0.2) is 24.3 Å². The number of rotatable bonds is 2. The molecule has 1 amide bonds. The number of carbonyl (C=O) groups is 2. The number of benzene rings is 1. The lowest BCUT2D eigenvalue weighted by atomic mass is 10.1. The van der Waals surface area contributed by atoms with Crippen LogP contribution in [-0.2, 0) is 4.74 Å². The summed E-state index contributed by atoms with van der Waals surface area (Å²) in [6.45, 7) is 4.90. The summed E-state index contributed by atoms with van der Waals surface area (Å²) in [4.78, 5) is 25.1. The summed E-state index contributed by atoms with van der Waals surface area (Å²) in [6, 6.07) is 6.10. The zero-order valence-electron chi connectivity index (χ0n) is 11.0. The van der Waals surface area contributed by atoms with Gasteiger partial charge in [-0.3, -0.25) is 4.79 Å². The first-order valence-corrected chi connectivity index (χ1v) is 6.26. The van der Waals surface area contributed by atoms with E-state index in [0.29, 0.717) is 18.7 Å². The van der Waals surface area contributed by atoms with Gasteiger partial charge < -0.3 is 14.7 Å². The summed E-state index contributed by atoms with van der Waals surface area (Å²) in [6.07, 6.45) is -0.0136. The standard InChI is InChI=1S/C14H17NO4/c1-9-10(2)19-7-6-15(9)13(16)11-4-3-5-12(8-11)14(17)18/h3-5,8-10H,6-7H2,1-2H3,(H,17,18)/t9-,10+/m0/s1. The predicted octanol–water partition coefficient (Wildman–Crippen LogP) is 1.63. The van der Waals surface area contributed by atoms with Crippen molar-refractivity contribution in [1.82, 2.24) is 4.90 Å². The lowest BCUT2D eigenvalue weighted by Crippen LogP contribution is -2.51. The maximum absolute atomic E-state index is 12.4. The van der Waals surface area contributed by atoms with Crippen molar-refractivity contribution in [1.29, 1.82) is 0 Å². The maximum Gasteiger partial charge on any atom is 0.335 e. The van der Waals surface area contributed by atoms with E-state index in [0.717, 1.165) is 0 Å². The third-order valence-electron chi connectivity index (χ3n) is 3.50. The van der Waals surface area contributed by atoms with Gasteiger partial charge in [0.25, 0.3) is 5.91 Å². The van der Waals surface area contributed by atoms with Crippen LogP contribution in [0.5, 0.6) is 0 Å². The fourth-order valence-corrected chi connectivity index (χ4v) is 2.17. The van der Waals surface area contributed by atoms with Gasteiger partial charge in [-0.1, -0.05) is 6.07 Å². The highest BCUT2D eigenvalue weighted by Gasteiger charge is 2.29. The van der Waals surface area contributed by atoms with Gasteiger partial charge in [0.15, 0.2) is 0 Å². The van der Waals surface area contributed by atoms with Crippen molar-refractivity contribution < 1.29 is 19.4 Å². The number of carbonyl (C=O) groups excluding carboxylic acids is 1. The molecule has 1 aromatic carbocycles. The molecule has 1 aromatic rings. The van der Waals surface area contributed by atoms with Crippen LogP contribution >= 0.6 is 0 Å². The van der Waals surface area contributed by atoms with E-state index in [1.54, 1.807) is 17.0 Å². The Bertz CT molecular complexity index is 500. The molecule has 1 aliphatic rings. The first kappa shape index (κ1) is 13.5. The van der Waals surface area contributed by atoms with Crippen molar-refractivity contribution in [2.45, 2.75) is 26.0 Å². The van der Waals surface area contributed by atoms with Crippen molar-refractivity contribution in [3.05, 3.63) is 35.4 Å². The molecule has 0 radical (unpaired) electrons. The third-order valence-corrected chi connectivity index (χ3v) is 3.50. The molecule has 0 spiro atoms. The van der Waals surface area contributed by atoms with Crippen molar-refractivity contribution in [3.63, 3.8) is 0 Å². The summed E-state index contributed by atoms with van der Waals surface area (Å²) >= 11 is 0. The van der Waals surface area contributed by atoms with Crippen LogP contribution in [0.2, 0.25) is 0 Å². The molecular weight excluding hydrogens is 246 g/mol. The van der Waals surface area contributed by atoms with Gasteiger partial charge in [-0.25, -0.2) is 4.79 Å². The average Bonchev–Trinajstić information content (AvgIpc) is 2.41. The lowest BCUT2D eigenvalue weighted by molar-refractivity contribution is -0.0440. The fourth-order valence-electron chi connectivity index (χ4n) is 2.17. The number of carboxylic acids is 1. The molecular formula is C14H17NO4. The monoisotopic (exact) mass is 263 g/mol. The summed E-state index contributed by atoms with van der Waals surface area (Å²) in [7, 11) is 0. The van der Waals surface area contributed by atoms with Crippen LogP contribution in [0, 0.1) is 0 Å². The zero-order valence-corrected chi connectivity index (χ0v) is 11.0. The van der Waals surface area contributed by atoms with Crippen LogP contribution in [0.1, 0.15) is 34.6 Å². The van der Waals surface area contributed by atoms with Crippen molar-refractivity contribution in [2.24, 2.45) is 0 Å². The molecule has 1 aliphatic heterocycles. The highest BCUT2D eigenvalue weighted by Crippen LogP contribution is 2.17. The van der Waals surface area contributed by atoms with Gasteiger partial charge >= 0.3 is 5.97 Å². The second-order valence-electron chi connectivity index (χ2n) is 4.70. The highest BCUT2D eigenvalue weighted by atomic mass is 16.5. The van der Waals surface area contributed by atoms with Gasteiger partial charge in [0.1, 0.15) is 0 Å². The van der Waals surface area contributed by atoms with E-state index in [2.05, 4.69) is 0 Å². The highest BCUT2D eigenvalue weighted by molar-refractivity contribution is 5.97. The molecule has 5 heteroatoms. The summed E-state index contributed by atoms with van der Waals surface area (Å²) < 4.78 is 5.48. The molecule has 0 saturated carbocycles. The second-order valence-corrected chi connectivity index (χ2v) is 4.70. The Morgan fingerprint density at radius 3 is 2.68 bits per heavy atom.